The summed E-state index contributed by atoms with van der Waals surface area (Å²) in [5, 5.41) is 2.49. The lowest BCUT2D eigenvalue weighted by Gasteiger charge is -2.29. The van der Waals surface area contributed by atoms with E-state index in [1.807, 2.05) is 49.2 Å². The fourth-order valence-electron chi connectivity index (χ4n) is 20.4. The maximum atomic E-state index is 4.35. The zero-order valence-electron chi connectivity index (χ0n) is 80.5. The highest BCUT2D eigenvalue weighted by atomic mass is 15.2. The largest absolute Gasteiger partial charge is 0.311 e. The van der Waals surface area contributed by atoms with Gasteiger partial charge in [-0.1, -0.05) is 390 Å². The molecule has 4 heterocycles. The maximum Gasteiger partial charge on any atom is 0.0541 e. The third-order valence-electron chi connectivity index (χ3n) is 27.8. The van der Waals surface area contributed by atoms with Crippen LogP contribution in [0.1, 0.15) is 25.0 Å². The molecule has 24 aromatic rings. The first-order valence-corrected chi connectivity index (χ1v) is 49.4. The van der Waals surface area contributed by atoms with Gasteiger partial charge in [0.05, 0.1) is 11.0 Å². The zero-order valence-corrected chi connectivity index (χ0v) is 80.5. The summed E-state index contributed by atoms with van der Waals surface area (Å²) in [6.07, 6.45) is 11.2. The summed E-state index contributed by atoms with van der Waals surface area (Å²) in [7, 11) is 0. The maximum absolute atomic E-state index is 4.35. The van der Waals surface area contributed by atoms with Gasteiger partial charge in [0, 0.05) is 110 Å². The molecule has 0 bridgehead atoms. The molecule has 1 aliphatic carbocycles. The summed E-state index contributed by atoms with van der Waals surface area (Å²) in [5.74, 6) is 0. The van der Waals surface area contributed by atoms with Gasteiger partial charge in [-0.3, -0.25) is 15.0 Å². The number of aromatic nitrogens is 4. The van der Waals surface area contributed by atoms with E-state index in [4.69, 9.17) is 0 Å². The van der Waals surface area contributed by atoms with E-state index in [0.29, 0.717) is 0 Å². The second-order valence-electron chi connectivity index (χ2n) is 37.1. The quantitative estimate of drug-likeness (QED) is 0.0715. The van der Waals surface area contributed by atoms with Crippen molar-refractivity contribution in [2.24, 2.45) is 0 Å². The molecule has 7 nitrogen and oxygen atoms in total. The lowest BCUT2D eigenvalue weighted by molar-refractivity contribution is 0.660. The second-order valence-corrected chi connectivity index (χ2v) is 37.1. The Hall–Kier alpha value is -19.0. The number of benzene rings is 20. The predicted octanol–water partition coefficient (Wildman–Crippen LogP) is 37.4. The molecule has 0 fully saturated rings. The standard InChI is InChI=1S/C53H37N3.C44H34N2.C41H30N2/c1-4-13-40(14-5-1)48-32-31-47(36-50(48)41-15-6-2-7-16-41)55(46-29-24-39(25-30-46)43-17-12-34-54-37-43)45-27-22-38(23-28-45)42-26-33-53-51(35-42)49-20-10-11-21-52(49)56(53)44-18-8-3-9-19-44;1-44(2)42-18-10-9-17-40(42)41-24-23-38(29-43(41)44)46(37-21-19-33(20-22-37)34-16-11-25-45-30-34)39-27-35(31-12-5-3-6-13-31)26-36(28-39)32-14-7-4-8-15-32;1-3-8-31(9-4-1)33-13-15-34(16-14-33)36-19-25-40(26-20-36)43(39-23-17-35(18-24-39)32-10-5-2-6-11-32)41-27-21-37(22-28-41)38-12-7-29-42-30-38/h1-37H;3-30H,1-2H3;1-30H. The molecular weight excluding hydrogens is 1760 g/mol. The Morgan fingerprint density at radius 2 is 0.448 bits per heavy atom. The van der Waals surface area contributed by atoms with Gasteiger partial charge in [-0.2, -0.15) is 0 Å². The van der Waals surface area contributed by atoms with Crippen LogP contribution in [0.3, 0.4) is 0 Å². The Kier molecular flexibility index (Phi) is 25.3. The summed E-state index contributed by atoms with van der Waals surface area (Å²) in [4.78, 5) is 20.1. The summed E-state index contributed by atoms with van der Waals surface area (Å²) in [6.45, 7) is 4.69. The molecule has 25 rings (SSSR count). The summed E-state index contributed by atoms with van der Waals surface area (Å²) >= 11 is 0. The molecule has 0 saturated heterocycles. The van der Waals surface area contributed by atoms with E-state index in [1.165, 1.54) is 133 Å². The number of anilines is 9. The van der Waals surface area contributed by atoms with Gasteiger partial charge in [0.25, 0.3) is 0 Å². The van der Waals surface area contributed by atoms with Crippen molar-refractivity contribution in [2.45, 2.75) is 19.3 Å². The molecule has 0 unspecified atom stereocenters. The molecule has 0 amide bonds. The molecule has 688 valence electrons. The fraction of sp³-hybridized carbons (Fsp3) is 0.0217. The summed E-state index contributed by atoms with van der Waals surface area (Å²) in [5.41, 5.74) is 44.6. The number of rotatable bonds is 21. The first-order chi connectivity index (χ1) is 71.7. The van der Waals surface area contributed by atoms with E-state index in [1.54, 1.807) is 6.20 Å². The van der Waals surface area contributed by atoms with E-state index in [9.17, 15) is 0 Å². The third-order valence-corrected chi connectivity index (χ3v) is 27.8. The van der Waals surface area contributed by atoms with Gasteiger partial charge in [-0.25, -0.2) is 0 Å². The number of para-hydroxylation sites is 2. The predicted molar refractivity (Wildman–Crippen MR) is 608 cm³/mol. The highest BCUT2D eigenvalue weighted by molar-refractivity contribution is 6.11. The number of hydrogen-bond donors (Lipinski definition) is 0. The molecule has 1 aliphatic rings. The Labute approximate surface area is 847 Å². The molecule has 20 aromatic carbocycles. The monoisotopic (exact) mass is 1860 g/mol. The minimum Gasteiger partial charge on any atom is -0.311 e. The van der Waals surface area contributed by atoms with Crippen LogP contribution in [0.15, 0.2) is 577 Å². The smallest absolute Gasteiger partial charge is 0.0541 e. The van der Waals surface area contributed by atoms with Crippen LogP contribution in [0.2, 0.25) is 0 Å². The van der Waals surface area contributed by atoms with Crippen molar-refractivity contribution in [2.75, 3.05) is 14.7 Å². The van der Waals surface area contributed by atoms with Crippen molar-refractivity contribution in [1.29, 1.82) is 0 Å². The molecule has 7 heteroatoms. The molecule has 4 aromatic heterocycles. The van der Waals surface area contributed by atoms with Crippen LogP contribution >= 0.6 is 0 Å². The highest BCUT2D eigenvalue weighted by Gasteiger charge is 2.36. The molecule has 0 atom stereocenters. The normalized spacial score (nSPS) is 11.6. The Morgan fingerprint density at radius 1 is 0.166 bits per heavy atom. The average molecular weight is 1860 g/mol. The van der Waals surface area contributed by atoms with Crippen molar-refractivity contribution in [3.63, 3.8) is 0 Å². The van der Waals surface area contributed by atoms with Gasteiger partial charge in [0.1, 0.15) is 0 Å². The second kappa shape index (κ2) is 40.8. The first kappa shape index (κ1) is 89.9. The molecule has 0 N–H and O–H groups in total. The van der Waals surface area contributed by atoms with Crippen molar-refractivity contribution < 1.29 is 0 Å². The Morgan fingerprint density at radius 3 is 0.862 bits per heavy atom. The highest BCUT2D eigenvalue weighted by Crippen LogP contribution is 2.53. The minimum atomic E-state index is -0.0984. The van der Waals surface area contributed by atoms with Gasteiger partial charge < -0.3 is 19.3 Å². The lowest BCUT2D eigenvalue weighted by Crippen LogP contribution is -2.16. The van der Waals surface area contributed by atoms with Crippen LogP contribution in [-0.2, 0) is 5.41 Å². The van der Waals surface area contributed by atoms with Gasteiger partial charge in [0.2, 0.25) is 0 Å². The fourth-order valence-corrected chi connectivity index (χ4v) is 20.4. The zero-order chi connectivity index (χ0) is 97.2. The SMILES string of the molecule is CC1(C)c2ccccc2-c2ccc(N(c3ccc(-c4cccnc4)cc3)c3cc(-c4ccccc4)cc(-c4ccccc4)c3)cc21.c1ccc(-c2ccc(-c3ccc(N(c4ccc(-c5ccccc5)cc4)c4ccc(-c5cccnc5)cc4)cc3)cc2)cc1.c1ccc(-c2ccc(N(c3ccc(-c4cccnc4)cc3)c3ccc(-c4ccc5c(c4)c4ccccc4n5-c4ccccc4)cc3)cc2-c2ccccc2)cc1. The topological polar surface area (TPSA) is 53.3 Å². The van der Waals surface area contributed by atoms with Crippen molar-refractivity contribution in [3.8, 4) is 139 Å². The van der Waals surface area contributed by atoms with Crippen LogP contribution in [0, 0.1) is 0 Å². The van der Waals surface area contributed by atoms with E-state index in [0.717, 1.165) is 90.3 Å². The summed E-state index contributed by atoms with van der Waals surface area (Å²) in [6, 6.07) is 194. The van der Waals surface area contributed by atoms with Gasteiger partial charge in [0.15, 0.2) is 0 Å². The summed E-state index contributed by atoms with van der Waals surface area (Å²) < 4.78 is 2.36. The molecular formula is C138H101N7. The number of pyridine rings is 3. The number of nitrogens with zero attached hydrogens (tertiary/aromatic N) is 7. The van der Waals surface area contributed by atoms with E-state index < -0.39 is 0 Å². The van der Waals surface area contributed by atoms with E-state index in [2.05, 4.69) is 570 Å². The van der Waals surface area contributed by atoms with Gasteiger partial charge in [-0.15, -0.1) is 0 Å². The molecule has 0 aliphatic heterocycles. The molecule has 0 radical (unpaired) electrons. The minimum absolute atomic E-state index is 0.0984. The van der Waals surface area contributed by atoms with Crippen LogP contribution < -0.4 is 14.7 Å². The Balaban J connectivity index is 0.000000121. The Bertz CT molecular complexity index is 8420. The molecule has 145 heavy (non-hydrogen) atoms. The van der Waals surface area contributed by atoms with Crippen molar-refractivity contribution >= 4 is 73.0 Å². The molecule has 0 saturated carbocycles. The number of hydrogen-bond acceptors (Lipinski definition) is 6. The molecule has 0 spiro atoms. The average Bonchev–Trinajstić information content (AvgIpc) is 1.49. The van der Waals surface area contributed by atoms with E-state index >= 15 is 0 Å². The van der Waals surface area contributed by atoms with E-state index in [-0.39, 0.29) is 5.41 Å². The van der Waals surface area contributed by atoms with Crippen LogP contribution in [0.5, 0.6) is 0 Å². The van der Waals surface area contributed by atoms with Crippen LogP contribution in [0.4, 0.5) is 51.2 Å². The van der Waals surface area contributed by atoms with Crippen LogP contribution in [-0.4, -0.2) is 19.5 Å². The van der Waals surface area contributed by atoms with Crippen molar-refractivity contribution in [1.82, 2.24) is 19.5 Å². The van der Waals surface area contributed by atoms with Crippen LogP contribution in [0.25, 0.3) is 161 Å². The van der Waals surface area contributed by atoms with Crippen molar-refractivity contribution in [3.05, 3.63) is 588 Å². The first-order valence-electron chi connectivity index (χ1n) is 49.4. The number of fused-ring (bicyclic) bond motifs is 6. The lowest BCUT2D eigenvalue weighted by atomic mass is 9.82. The van der Waals surface area contributed by atoms with Gasteiger partial charge in [-0.05, 0) is 308 Å². The van der Waals surface area contributed by atoms with Gasteiger partial charge >= 0.3 is 0 Å². The third kappa shape index (κ3) is 19.0.